The van der Waals surface area contributed by atoms with Gasteiger partial charge in [0.25, 0.3) is 5.91 Å². The highest BCUT2D eigenvalue weighted by Crippen LogP contribution is 2.45. The van der Waals surface area contributed by atoms with E-state index >= 15 is 0 Å². The first-order valence-corrected chi connectivity index (χ1v) is 13.1. The second-order valence-corrected chi connectivity index (χ2v) is 10.1. The maximum atomic E-state index is 13.7. The van der Waals surface area contributed by atoms with E-state index in [1.165, 1.54) is 5.56 Å². The van der Waals surface area contributed by atoms with Crippen LogP contribution in [0.4, 0.5) is 0 Å². The lowest BCUT2D eigenvalue weighted by molar-refractivity contribution is -0.135. The Morgan fingerprint density at radius 3 is 2.42 bits per heavy atom. The van der Waals surface area contributed by atoms with Gasteiger partial charge in [-0.3, -0.25) is 14.4 Å². The first-order valence-electron chi connectivity index (χ1n) is 13.1. The lowest BCUT2D eigenvalue weighted by atomic mass is 9.93. The number of piperazine rings is 1. The molecule has 3 heterocycles. The minimum Gasteiger partial charge on any atom is -0.354 e. The lowest BCUT2D eigenvalue weighted by Gasteiger charge is -2.33. The smallest absolute Gasteiger partial charge is 0.255 e. The Balaban J connectivity index is 1.39. The Hall–Kier alpha value is -4.39. The van der Waals surface area contributed by atoms with Crippen molar-refractivity contribution in [2.24, 2.45) is 0 Å². The number of carbonyl (C=O) groups excluding carboxylic acids is 3. The molecule has 7 nitrogen and oxygen atoms in total. The first kappa shape index (κ1) is 24.0. The summed E-state index contributed by atoms with van der Waals surface area (Å²) in [5.74, 6) is -0.0416. The molecule has 0 saturated carbocycles. The number of rotatable bonds is 6. The molecule has 3 amide bonds. The Bertz CT molecular complexity index is 1520. The second kappa shape index (κ2) is 9.82. The van der Waals surface area contributed by atoms with Gasteiger partial charge in [0, 0.05) is 61.2 Å². The number of benzene rings is 3. The zero-order chi connectivity index (χ0) is 26.2. The Labute approximate surface area is 221 Å². The molecule has 3 aromatic carbocycles. The molecule has 2 aliphatic rings. The molecule has 4 aromatic rings. The van der Waals surface area contributed by atoms with Gasteiger partial charge < -0.3 is 19.7 Å². The third kappa shape index (κ3) is 4.14. The summed E-state index contributed by atoms with van der Waals surface area (Å²) in [6.45, 7) is 4.52. The van der Waals surface area contributed by atoms with Gasteiger partial charge in [-0.05, 0) is 30.2 Å². The van der Waals surface area contributed by atoms with E-state index < -0.39 is 0 Å². The normalized spacial score (nSPS) is 17.2. The average Bonchev–Trinajstić information content (AvgIpc) is 3.47. The van der Waals surface area contributed by atoms with Gasteiger partial charge in [-0.2, -0.15) is 0 Å². The number of amides is 3. The van der Waals surface area contributed by atoms with Crippen molar-refractivity contribution in [3.05, 3.63) is 95.1 Å². The number of aromatic amines is 1. The number of hydrogen-bond acceptors (Lipinski definition) is 3. The molecule has 192 valence electrons. The minimum absolute atomic E-state index is 0.00994. The van der Waals surface area contributed by atoms with Crippen LogP contribution in [0.2, 0.25) is 0 Å². The lowest BCUT2D eigenvalue weighted by Crippen LogP contribution is -2.48. The van der Waals surface area contributed by atoms with Crippen LogP contribution in [-0.2, 0) is 9.59 Å². The molecule has 1 saturated heterocycles. The Morgan fingerprint density at radius 1 is 0.947 bits per heavy atom. The fourth-order valence-corrected chi connectivity index (χ4v) is 5.76. The van der Waals surface area contributed by atoms with Crippen LogP contribution in [0.15, 0.2) is 72.8 Å². The predicted molar refractivity (Wildman–Crippen MR) is 147 cm³/mol. The highest BCUT2D eigenvalue weighted by molar-refractivity contribution is 6.02. The zero-order valence-electron chi connectivity index (χ0n) is 21.4. The number of nitrogens with one attached hydrogen (secondary N) is 1. The predicted octanol–water partition coefficient (Wildman–Crippen LogP) is 4.38. The number of aryl methyl sites for hydroxylation is 1. The van der Waals surface area contributed by atoms with Crippen LogP contribution in [0, 0.1) is 6.92 Å². The molecule has 2 aliphatic heterocycles. The quantitative estimate of drug-likeness (QED) is 0.395. The van der Waals surface area contributed by atoms with Crippen LogP contribution in [0.5, 0.6) is 0 Å². The van der Waals surface area contributed by atoms with E-state index in [2.05, 4.69) is 48.3 Å². The van der Waals surface area contributed by atoms with E-state index in [4.69, 9.17) is 0 Å². The maximum Gasteiger partial charge on any atom is 0.255 e. The summed E-state index contributed by atoms with van der Waals surface area (Å²) in [5.41, 5.74) is 6.94. The molecule has 6 rings (SSSR count). The summed E-state index contributed by atoms with van der Waals surface area (Å²) < 4.78 is 0. The molecule has 7 heteroatoms. The molecular weight excluding hydrogens is 476 g/mol. The summed E-state index contributed by atoms with van der Waals surface area (Å²) >= 11 is 0. The number of carbonyl (C=O) groups is 3. The Morgan fingerprint density at radius 2 is 1.66 bits per heavy atom. The third-order valence-corrected chi connectivity index (χ3v) is 7.80. The van der Waals surface area contributed by atoms with Crippen molar-refractivity contribution in [1.29, 1.82) is 0 Å². The highest BCUT2D eigenvalue weighted by atomic mass is 16.2. The standard InChI is InChI=1S/C31H30N4O3/c1-21-10-12-22(13-11-21)29-28(25-8-4-5-9-26(25)32-29)30-23-6-2-3-7-24(23)31(38)35(30)15-14-27(37)34-18-16-33(20-36)17-19-34/h2-13,20,30,32H,14-19H2,1H3. The molecular formula is C31H30N4O3. The number of nitrogens with zero attached hydrogens (tertiary/aromatic N) is 3. The van der Waals surface area contributed by atoms with Gasteiger partial charge in [0.2, 0.25) is 12.3 Å². The number of hydrogen-bond donors (Lipinski definition) is 1. The van der Waals surface area contributed by atoms with Crippen molar-refractivity contribution in [3.8, 4) is 11.3 Å². The van der Waals surface area contributed by atoms with Gasteiger partial charge in [-0.15, -0.1) is 0 Å². The van der Waals surface area contributed by atoms with Gasteiger partial charge >= 0.3 is 0 Å². The largest absolute Gasteiger partial charge is 0.354 e. The third-order valence-electron chi connectivity index (χ3n) is 7.80. The van der Waals surface area contributed by atoms with Crippen molar-refractivity contribution in [3.63, 3.8) is 0 Å². The van der Waals surface area contributed by atoms with E-state index in [0.29, 0.717) is 38.3 Å². The maximum absolute atomic E-state index is 13.7. The highest BCUT2D eigenvalue weighted by Gasteiger charge is 2.40. The Kier molecular flexibility index (Phi) is 6.19. The number of aromatic nitrogens is 1. The summed E-state index contributed by atoms with van der Waals surface area (Å²) in [5, 5.41) is 1.07. The van der Waals surface area contributed by atoms with Crippen LogP contribution < -0.4 is 0 Å². The molecule has 0 radical (unpaired) electrons. The number of para-hydroxylation sites is 1. The molecule has 0 bridgehead atoms. The van der Waals surface area contributed by atoms with Crippen molar-refractivity contribution < 1.29 is 14.4 Å². The topological polar surface area (TPSA) is 76.7 Å². The van der Waals surface area contributed by atoms with Crippen LogP contribution >= 0.6 is 0 Å². The van der Waals surface area contributed by atoms with E-state index in [1.807, 2.05) is 41.3 Å². The number of H-pyrrole nitrogens is 1. The second-order valence-electron chi connectivity index (χ2n) is 10.1. The van der Waals surface area contributed by atoms with Crippen molar-refractivity contribution in [1.82, 2.24) is 19.7 Å². The molecule has 0 aliphatic carbocycles. The SMILES string of the molecule is Cc1ccc(-c2[nH]c3ccccc3c2C2c3ccccc3C(=O)N2CCC(=O)N2CCN(C=O)CC2)cc1. The number of fused-ring (bicyclic) bond motifs is 2. The molecule has 1 fully saturated rings. The van der Waals surface area contributed by atoms with Crippen LogP contribution in [0.25, 0.3) is 22.2 Å². The molecule has 38 heavy (non-hydrogen) atoms. The van der Waals surface area contributed by atoms with Gasteiger partial charge in [-0.1, -0.05) is 66.2 Å². The molecule has 1 aromatic heterocycles. The van der Waals surface area contributed by atoms with Crippen molar-refractivity contribution >= 4 is 29.1 Å². The first-order chi connectivity index (χ1) is 18.5. The molecule has 1 N–H and O–H groups in total. The zero-order valence-corrected chi connectivity index (χ0v) is 21.4. The van der Waals surface area contributed by atoms with E-state index in [-0.39, 0.29) is 24.3 Å². The average molecular weight is 507 g/mol. The van der Waals surface area contributed by atoms with Crippen LogP contribution in [0.3, 0.4) is 0 Å². The summed E-state index contributed by atoms with van der Waals surface area (Å²) in [7, 11) is 0. The van der Waals surface area contributed by atoms with E-state index in [0.717, 1.165) is 39.7 Å². The van der Waals surface area contributed by atoms with Gasteiger partial charge in [0.1, 0.15) is 0 Å². The summed E-state index contributed by atoms with van der Waals surface area (Å²) in [6.07, 6.45) is 1.07. The summed E-state index contributed by atoms with van der Waals surface area (Å²) in [4.78, 5) is 46.9. The van der Waals surface area contributed by atoms with Crippen LogP contribution in [0.1, 0.15) is 39.5 Å². The molecule has 1 unspecified atom stereocenters. The fourth-order valence-electron chi connectivity index (χ4n) is 5.76. The van der Waals surface area contributed by atoms with E-state index in [9.17, 15) is 14.4 Å². The van der Waals surface area contributed by atoms with Crippen LogP contribution in [-0.4, -0.2) is 70.6 Å². The van der Waals surface area contributed by atoms with E-state index in [1.54, 1.807) is 9.80 Å². The van der Waals surface area contributed by atoms with Gasteiger partial charge in [0.05, 0.1) is 11.7 Å². The monoisotopic (exact) mass is 506 g/mol. The molecule has 1 atom stereocenters. The fraction of sp³-hybridized carbons (Fsp3) is 0.258. The van der Waals surface area contributed by atoms with Gasteiger partial charge in [0.15, 0.2) is 0 Å². The van der Waals surface area contributed by atoms with Crippen molar-refractivity contribution in [2.45, 2.75) is 19.4 Å². The minimum atomic E-state index is -0.314. The van der Waals surface area contributed by atoms with Crippen molar-refractivity contribution in [2.75, 3.05) is 32.7 Å². The van der Waals surface area contributed by atoms with Gasteiger partial charge in [-0.25, -0.2) is 0 Å². The summed E-state index contributed by atoms with van der Waals surface area (Å²) in [6, 6.07) is 24.1. The molecule has 0 spiro atoms.